The van der Waals surface area contributed by atoms with Gasteiger partial charge in [0.2, 0.25) is 11.7 Å². The molecule has 1 aliphatic heterocycles. The second-order valence-electron chi connectivity index (χ2n) is 6.42. The van der Waals surface area contributed by atoms with Crippen LogP contribution in [0.5, 0.6) is 17.2 Å². The Hall–Kier alpha value is -2.86. The number of ether oxygens (including phenoxy) is 3. The summed E-state index contributed by atoms with van der Waals surface area (Å²) in [5.41, 5.74) is 1.81. The van der Waals surface area contributed by atoms with E-state index in [0.29, 0.717) is 23.0 Å². The third-order valence-electron chi connectivity index (χ3n) is 4.85. The van der Waals surface area contributed by atoms with Crippen molar-refractivity contribution in [2.45, 2.75) is 5.37 Å². The minimum Gasteiger partial charge on any atom is -0.493 e. The van der Waals surface area contributed by atoms with Gasteiger partial charge in [-0.2, -0.15) is 0 Å². The number of anilines is 1. The average molecular weight is 395 g/mol. The zero-order chi connectivity index (χ0) is 19.7. The molecule has 3 aromatic rings. The number of carbonyl (C=O) groups excluding carboxylic acids is 1. The van der Waals surface area contributed by atoms with E-state index in [1.807, 2.05) is 24.3 Å². The van der Waals surface area contributed by atoms with Crippen LogP contribution in [0.2, 0.25) is 0 Å². The fourth-order valence-corrected chi connectivity index (χ4v) is 4.68. The van der Waals surface area contributed by atoms with Gasteiger partial charge < -0.3 is 14.2 Å². The molecule has 0 bridgehead atoms. The number of carbonyl (C=O) groups is 1. The van der Waals surface area contributed by atoms with Gasteiger partial charge in [0.15, 0.2) is 11.5 Å². The number of amides is 1. The molecule has 6 heteroatoms. The lowest BCUT2D eigenvalue weighted by Gasteiger charge is -2.26. The highest BCUT2D eigenvalue weighted by Gasteiger charge is 2.35. The summed E-state index contributed by atoms with van der Waals surface area (Å²) >= 11 is 1.62. The van der Waals surface area contributed by atoms with Crippen molar-refractivity contribution in [1.82, 2.24) is 0 Å². The summed E-state index contributed by atoms with van der Waals surface area (Å²) < 4.78 is 16.3. The van der Waals surface area contributed by atoms with Crippen molar-refractivity contribution in [3.05, 3.63) is 60.2 Å². The van der Waals surface area contributed by atoms with Crippen LogP contribution in [-0.4, -0.2) is 33.0 Å². The van der Waals surface area contributed by atoms with E-state index in [0.717, 1.165) is 16.6 Å². The van der Waals surface area contributed by atoms with Crippen molar-refractivity contribution in [1.29, 1.82) is 0 Å². The van der Waals surface area contributed by atoms with E-state index in [1.165, 1.54) is 5.39 Å². The number of benzene rings is 3. The highest BCUT2D eigenvalue weighted by molar-refractivity contribution is 8.00. The molecule has 28 heavy (non-hydrogen) atoms. The molecule has 1 amide bonds. The standard InChI is InChI=1S/C22H21NO4S/c1-25-18-11-17(12-19(26-2)21(18)27-3)23-20(24)13-28-22(23)16-9-8-14-6-4-5-7-15(14)10-16/h4-12,22H,13H2,1-3H3. The first kappa shape index (κ1) is 18.5. The molecule has 4 rings (SSSR count). The molecule has 0 aromatic heterocycles. The first-order chi connectivity index (χ1) is 13.7. The molecular weight excluding hydrogens is 374 g/mol. The molecule has 1 unspecified atom stereocenters. The molecule has 3 aromatic carbocycles. The van der Waals surface area contributed by atoms with E-state index in [4.69, 9.17) is 14.2 Å². The number of hydrogen-bond donors (Lipinski definition) is 0. The molecule has 1 atom stereocenters. The molecule has 1 saturated heterocycles. The van der Waals surface area contributed by atoms with Gasteiger partial charge in [-0.3, -0.25) is 9.69 Å². The predicted octanol–water partition coefficient (Wildman–Crippen LogP) is 4.64. The molecule has 5 nitrogen and oxygen atoms in total. The minimum absolute atomic E-state index is 0.0532. The normalized spacial score (nSPS) is 16.5. The molecule has 1 aliphatic rings. The Kier molecular flexibility index (Phi) is 5.05. The average Bonchev–Trinajstić information content (AvgIpc) is 3.13. The van der Waals surface area contributed by atoms with Crippen LogP contribution < -0.4 is 19.1 Å². The van der Waals surface area contributed by atoms with Crippen LogP contribution in [0.1, 0.15) is 10.9 Å². The summed E-state index contributed by atoms with van der Waals surface area (Å²) in [7, 11) is 4.71. The van der Waals surface area contributed by atoms with Gasteiger partial charge in [0, 0.05) is 12.1 Å². The maximum atomic E-state index is 12.8. The Labute approximate surface area is 168 Å². The topological polar surface area (TPSA) is 48.0 Å². The van der Waals surface area contributed by atoms with Gasteiger partial charge >= 0.3 is 0 Å². The van der Waals surface area contributed by atoms with Gasteiger partial charge in [-0.1, -0.05) is 36.4 Å². The lowest BCUT2D eigenvalue weighted by atomic mass is 10.1. The summed E-state index contributed by atoms with van der Waals surface area (Å²) in [5.74, 6) is 2.04. The molecule has 0 radical (unpaired) electrons. The second kappa shape index (κ2) is 7.64. The highest BCUT2D eigenvalue weighted by atomic mass is 32.2. The molecule has 144 valence electrons. The molecule has 0 aliphatic carbocycles. The number of rotatable bonds is 5. The number of fused-ring (bicyclic) bond motifs is 1. The maximum absolute atomic E-state index is 12.8. The Balaban J connectivity index is 1.79. The SMILES string of the molecule is COc1cc(N2C(=O)CSC2c2ccc3ccccc3c2)cc(OC)c1OC. The molecule has 1 fully saturated rings. The van der Waals surface area contributed by atoms with Crippen molar-refractivity contribution in [3.8, 4) is 17.2 Å². The largest absolute Gasteiger partial charge is 0.493 e. The second-order valence-corrected chi connectivity index (χ2v) is 7.49. The fraction of sp³-hybridized carbons (Fsp3) is 0.227. The van der Waals surface area contributed by atoms with E-state index in [2.05, 4.69) is 30.3 Å². The van der Waals surface area contributed by atoms with Crippen molar-refractivity contribution < 1.29 is 19.0 Å². The maximum Gasteiger partial charge on any atom is 0.238 e. The third kappa shape index (κ3) is 3.14. The van der Waals surface area contributed by atoms with E-state index in [9.17, 15) is 4.79 Å². The summed E-state index contributed by atoms with van der Waals surface area (Å²) in [6, 6.07) is 18.2. The van der Waals surface area contributed by atoms with Crippen LogP contribution >= 0.6 is 11.8 Å². The number of methoxy groups -OCH3 is 3. The summed E-state index contributed by atoms with van der Waals surface area (Å²) in [4.78, 5) is 14.6. The number of thioether (sulfide) groups is 1. The lowest BCUT2D eigenvalue weighted by Crippen LogP contribution is -2.27. The van der Waals surface area contributed by atoms with E-state index < -0.39 is 0 Å². The Bertz CT molecular complexity index is 1010. The minimum atomic E-state index is -0.111. The molecule has 1 heterocycles. The van der Waals surface area contributed by atoms with Crippen molar-refractivity contribution in [2.24, 2.45) is 0 Å². The zero-order valence-corrected chi connectivity index (χ0v) is 16.8. The van der Waals surface area contributed by atoms with Gasteiger partial charge in [-0.05, 0) is 22.4 Å². The Morgan fingerprint density at radius 1 is 0.893 bits per heavy atom. The van der Waals surface area contributed by atoms with Crippen molar-refractivity contribution >= 4 is 34.1 Å². The van der Waals surface area contributed by atoms with Gasteiger partial charge in [0.25, 0.3) is 0 Å². The molecule has 0 saturated carbocycles. The quantitative estimate of drug-likeness (QED) is 0.630. The van der Waals surface area contributed by atoms with Crippen LogP contribution in [0.3, 0.4) is 0 Å². The molecule has 0 spiro atoms. The van der Waals surface area contributed by atoms with Crippen molar-refractivity contribution in [3.63, 3.8) is 0 Å². The summed E-state index contributed by atoms with van der Waals surface area (Å²) in [6.45, 7) is 0. The van der Waals surface area contributed by atoms with Gasteiger partial charge in [-0.25, -0.2) is 0 Å². The first-order valence-electron chi connectivity index (χ1n) is 8.88. The Morgan fingerprint density at radius 2 is 1.57 bits per heavy atom. The van der Waals surface area contributed by atoms with Gasteiger partial charge in [0.1, 0.15) is 5.37 Å². The van der Waals surface area contributed by atoms with E-state index in [-0.39, 0.29) is 11.3 Å². The van der Waals surface area contributed by atoms with Gasteiger partial charge in [-0.15, -0.1) is 11.8 Å². The monoisotopic (exact) mass is 395 g/mol. The summed E-state index contributed by atoms with van der Waals surface area (Å²) in [5, 5.41) is 2.23. The van der Waals surface area contributed by atoms with E-state index in [1.54, 1.807) is 38.0 Å². The van der Waals surface area contributed by atoms with Crippen LogP contribution in [0.4, 0.5) is 5.69 Å². The van der Waals surface area contributed by atoms with Crippen LogP contribution in [-0.2, 0) is 4.79 Å². The fourth-order valence-electron chi connectivity index (χ4n) is 3.52. The Morgan fingerprint density at radius 3 is 2.21 bits per heavy atom. The smallest absolute Gasteiger partial charge is 0.238 e. The highest BCUT2D eigenvalue weighted by Crippen LogP contribution is 2.47. The summed E-state index contributed by atoms with van der Waals surface area (Å²) in [6.07, 6.45) is 0. The molecule has 0 N–H and O–H groups in total. The van der Waals surface area contributed by atoms with Crippen LogP contribution in [0, 0.1) is 0 Å². The lowest BCUT2D eigenvalue weighted by molar-refractivity contribution is -0.115. The number of hydrogen-bond acceptors (Lipinski definition) is 5. The van der Waals surface area contributed by atoms with Crippen LogP contribution in [0.25, 0.3) is 10.8 Å². The van der Waals surface area contributed by atoms with Gasteiger partial charge in [0.05, 0.1) is 32.8 Å². The van der Waals surface area contributed by atoms with E-state index >= 15 is 0 Å². The third-order valence-corrected chi connectivity index (χ3v) is 6.07. The first-order valence-corrected chi connectivity index (χ1v) is 9.93. The van der Waals surface area contributed by atoms with Crippen LogP contribution in [0.15, 0.2) is 54.6 Å². The number of nitrogens with zero attached hydrogens (tertiary/aromatic N) is 1. The zero-order valence-electron chi connectivity index (χ0n) is 16.0. The predicted molar refractivity (Wildman–Crippen MR) is 113 cm³/mol. The van der Waals surface area contributed by atoms with Crippen molar-refractivity contribution in [2.75, 3.05) is 32.0 Å². The molecular formula is C22H21NO4S.